The lowest BCUT2D eigenvalue weighted by Crippen LogP contribution is -2.37. The second kappa shape index (κ2) is 11.9. The number of ether oxygens (including phenoxy) is 2. The monoisotopic (exact) mass is 523 g/mol. The summed E-state index contributed by atoms with van der Waals surface area (Å²) in [5.41, 5.74) is 0. The van der Waals surface area contributed by atoms with Gasteiger partial charge in [-0.2, -0.15) is 0 Å². The third-order valence-electron chi connectivity index (χ3n) is 5.66. The van der Waals surface area contributed by atoms with Crippen molar-refractivity contribution in [3.05, 3.63) is 109 Å². The van der Waals surface area contributed by atoms with Gasteiger partial charge < -0.3 is 9.47 Å². The van der Waals surface area contributed by atoms with Gasteiger partial charge in [0, 0.05) is 43.4 Å². The zero-order chi connectivity index (χ0) is 25.7. The summed E-state index contributed by atoms with van der Waals surface area (Å²) < 4.78 is 44.8. The molecule has 0 amide bonds. The summed E-state index contributed by atoms with van der Waals surface area (Å²) in [5, 5.41) is 2.86. The van der Waals surface area contributed by atoms with Crippen LogP contribution in [0.15, 0.2) is 97.1 Å². The summed E-state index contributed by atoms with van der Waals surface area (Å²) in [6.07, 6.45) is 0. The van der Waals surface area contributed by atoms with Crippen LogP contribution in [0.2, 0.25) is 0 Å². The van der Waals surface area contributed by atoms with Crippen molar-refractivity contribution in [3.8, 4) is 11.5 Å². The fourth-order valence-corrected chi connectivity index (χ4v) is 10.5. The van der Waals surface area contributed by atoms with Gasteiger partial charge in [0.15, 0.2) is 0 Å². The molecule has 36 heavy (non-hydrogen) atoms. The van der Waals surface area contributed by atoms with Crippen molar-refractivity contribution >= 4 is 37.4 Å². The number of hydrogen-bond acceptors (Lipinski definition) is 3. The van der Waals surface area contributed by atoms with Crippen LogP contribution in [0.3, 0.4) is 0 Å². The number of benzene rings is 4. The summed E-state index contributed by atoms with van der Waals surface area (Å²) >= 11 is 0. The highest BCUT2D eigenvalue weighted by Gasteiger charge is 2.38. The molecule has 2 unspecified atom stereocenters. The first-order chi connectivity index (χ1) is 17.5. The lowest BCUT2D eigenvalue weighted by molar-refractivity contribution is 0.417. The van der Waals surface area contributed by atoms with E-state index in [1.165, 1.54) is 12.1 Å². The van der Waals surface area contributed by atoms with E-state index in [4.69, 9.17) is 9.47 Å². The van der Waals surface area contributed by atoms with Crippen LogP contribution in [-0.2, 0) is 0 Å². The van der Waals surface area contributed by atoms with E-state index >= 15 is 8.78 Å². The van der Waals surface area contributed by atoms with E-state index in [1.807, 2.05) is 72.8 Å². The average molecular weight is 524 g/mol. The molecule has 4 rings (SSSR count). The minimum atomic E-state index is -1.48. The minimum Gasteiger partial charge on any atom is -0.496 e. The van der Waals surface area contributed by atoms with Gasteiger partial charge in [0.25, 0.3) is 0 Å². The number of nitrogens with zero attached hydrogens (tertiary/aromatic N) is 1. The normalized spacial score (nSPS) is 13.0. The molecule has 0 N–H and O–H groups in total. The first kappa shape index (κ1) is 26.2. The number of halogens is 2. The molecule has 3 nitrogen and oxygen atoms in total. The van der Waals surface area contributed by atoms with Crippen LogP contribution in [-0.4, -0.2) is 24.7 Å². The van der Waals surface area contributed by atoms with Crippen molar-refractivity contribution in [2.75, 3.05) is 14.2 Å². The van der Waals surface area contributed by atoms with Crippen molar-refractivity contribution in [3.63, 3.8) is 0 Å². The Labute approximate surface area is 214 Å². The topological polar surface area (TPSA) is 21.7 Å². The van der Waals surface area contributed by atoms with Crippen molar-refractivity contribution < 1.29 is 18.3 Å². The van der Waals surface area contributed by atoms with E-state index in [9.17, 15) is 0 Å². The third-order valence-corrected chi connectivity index (χ3v) is 11.8. The van der Waals surface area contributed by atoms with Gasteiger partial charge >= 0.3 is 0 Å². The van der Waals surface area contributed by atoms with Gasteiger partial charge in [0.2, 0.25) is 0 Å². The quantitative estimate of drug-likeness (QED) is 0.248. The molecule has 4 aromatic carbocycles. The lowest BCUT2D eigenvalue weighted by Gasteiger charge is -2.42. The van der Waals surface area contributed by atoms with E-state index in [2.05, 4.69) is 18.3 Å². The van der Waals surface area contributed by atoms with Crippen LogP contribution in [0.5, 0.6) is 11.5 Å². The maximum absolute atomic E-state index is 15.5. The number of rotatable bonds is 9. The Bertz CT molecular complexity index is 1220. The molecule has 7 heteroatoms. The fraction of sp³-hybridized carbons (Fsp3) is 0.172. The van der Waals surface area contributed by atoms with E-state index in [0.717, 1.165) is 10.6 Å². The van der Waals surface area contributed by atoms with Gasteiger partial charge in [-0.1, -0.05) is 48.5 Å². The number of methoxy groups -OCH3 is 2. The van der Waals surface area contributed by atoms with E-state index < -0.39 is 16.1 Å². The zero-order valence-electron chi connectivity index (χ0n) is 20.7. The number of para-hydroxylation sites is 2. The molecule has 0 aliphatic carbocycles. The summed E-state index contributed by atoms with van der Waals surface area (Å²) in [7, 11) is 0.281. The molecule has 0 aliphatic heterocycles. The second-order valence-corrected chi connectivity index (χ2v) is 12.6. The Hall–Kier alpha value is -2.84. The van der Waals surface area contributed by atoms with E-state index in [0.29, 0.717) is 22.1 Å². The van der Waals surface area contributed by atoms with Gasteiger partial charge in [-0.15, -0.1) is 0 Å². The molecule has 0 aromatic heterocycles. The molecular formula is C29H29F2NO2P2. The number of hydrogen-bond donors (Lipinski definition) is 0. The van der Waals surface area contributed by atoms with Crippen LogP contribution < -0.4 is 30.7 Å². The molecule has 4 aromatic rings. The Morgan fingerprint density at radius 3 is 1.22 bits per heavy atom. The maximum Gasteiger partial charge on any atom is 0.132 e. The van der Waals surface area contributed by atoms with Gasteiger partial charge in [-0.25, -0.2) is 13.2 Å². The van der Waals surface area contributed by atoms with Crippen LogP contribution in [0, 0.1) is 11.6 Å². The van der Waals surface area contributed by atoms with Crippen molar-refractivity contribution in [1.82, 2.24) is 4.44 Å². The molecule has 2 atom stereocenters. The molecule has 0 radical (unpaired) electrons. The predicted molar refractivity (Wildman–Crippen MR) is 148 cm³/mol. The summed E-state index contributed by atoms with van der Waals surface area (Å²) in [4.78, 5) is 0. The van der Waals surface area contributed by atoms with Gasteiger partial charge in [0.1, 0.15) is 23.1 Å². The molecule has 0 aliphatic rings. The maximum atomic E-state index is 15.5. The highest BCUT2D eigenvalue weighted by atomic mass is 31.2. The Kier molecular flexibility index (Phi) is 8.69. The zero-order valence-corrected chi connectivity index (χ0v) is 22.5. The van der Waals surface area contributed by atoms with Crippen molar-refractivity contribution in [1.29, 1.82) is 0 Å². The van der Waals surface area contributed by atoms with E-state index in [1.54, 1.807) is 26.4 Å². The summed E-state index contributed by atoms with van der Waals surface area (Å²) in [5.74, 6) is 0.731. The minimum absolute atomic E-state index is 0.0729. The Morgan fingerprint density at radius 1 is 0.556 bits per heavy atom. The standard InChI is InChI=1S/C29H29F2NO2P2/c1-21(2)32(35(26-17-9-5-13-22(26)30)28-19-11-7-15-24(28)33-3)36(27-18-10-6-14-23(27)31)29-20-12-8-16-25(29)34-4/h5-21H,1-4H3. The largest absolute Gasteiger partial charge is 0.496 e. The average Bonchev–Trinajstić information content (AvgIpc) is 2.90. The summed E-state index contributed by atoms with van der Waals surface area (Å²) in [6, 6.07) is 29.0. The summed E-state index contributed by atoms with van der Waals surface area (Å²) in [6.45, 7) is 4.13. The molecule has 0 spiro atoms. The molecule has 0 saturated carbocycles. The highest BCUT2D eigenvalue weighted by molar-refractivity contribution is 7.85. The third kappa shape index (κ3) is 5.30. The second-order valence-electron chi connectivity index (χ2n) is 8.28. The van der Waals surface area contributed by atoms with Crippen LogP contribution >= 0.6 is 16.1 Å². The lowest BCUT2D eigenvalue weighted by atomic mass is 10.3. The van der Waals surface area contributed by atoms with Crippen molar-refractivity contribution in [2.45, 2.75) is 19.9 Å². The van der Waals surface area contributed by atoms with Crippen LogP contribution in [0.1, 0.15) is 13.8 Å². The molecule has 0 saturated heterocycles. The van der Waals surface area contributed by atoms with Crippen LogP contribution in [0.4, 0.5) is 8.78 Å². The predicted octanol–water partition coefficient (Wildman–Crippen LogP) is 6.09. The molecule has 0 fully saturated rings. The van der Waals surface area contributed by atoms with Gasteiger partial charge in [0.05, 0.1) is 14.2 Å². The first-order valence-electron chi connectivity index (χ1n) is 11.6. The smallest absolute Gasteiger partial charge is 0.132 e. The van der Waals surface area contributed by atoms with Gasteiger partial charge in [-0.05, 0) is 62.4 Å². The van der Waals surface area contributed by atoms with Crippen molar-refractivity contribution in [2.24, 2.45) is 0 Å². The molecule has 0 heterocycles. The molecule has 186 valence electrons. The fourth-order valence-electron chi connectivity index (χ4n) is 4.11. The SMILES string of the molecule is COc1ccccc1P(c1ccccc1F)N(C(C)C)P(c1ccccc1F)c1ccccc1OC. The van der Waals surface area contributed by atoms with Gasteiger partial charge in [-0.3, -0.25) is 0 Å². The first-order valence-corrected chi connectivity index (χ1v) is 14.2. The molecule has 0 bridgehead atoms. The molecular weight excluding hydrogens is 494 g/mol. The Balaban J connectivity index is 2.07. The van der Waals surface area contributed by atoms with E-state index in [-0.39, 0.29) is 17.7 Å². The Morgan fingerprint density at radius 2 is 0.889 bits per heavy atom. The highest BCUT2D eigenvalue weighted by Crippen LogP contribution is 2.58. The van der Waals surface area contributed by atoms with Crippen LogP contribution in [0.25, 0.3) is 0 Å².